The van der Waals surface area contributed by atoms with Crippen molar-refractivity contribution >= 4 is 38.3 Å². The number of fused-ring (bicyclic) bond motifs is 1. The predicted molar refractivity (Wildman–Crippen MR) is 105 cm³/mol. The Kier molecular flexibility index (Phi) is 5.22. The molecular formula is C18H19N3O5S. The van der Waals surface area contributed by atoms with Crippen LogP contribution in [0.25, 0.3) is 10.2 Å². The highest BCUT2D eigenvalue weighted by atomic mass is 32.1. The number of nitrogens with two attached hydrogens (primary N) is 1. The Hall–Kier alpha value is -3.20. The Morgan fingerprint density at radius 3 is 2.15 bits per heavy atom. The number of methoxy groups -OCH3 is 4. The summed E-state index contributed by atoms with van der Waals surface area (Å²) in [6.45, 7) is 0. The lowest BCUT2D eigenvalue weighted by Gasteiger charge is -2.14. The minimum Gasteiger partial charge on any atom is -0.494 e. The predicted octanol–water partition coefficient (Wildman–Crippen LogP) is 3.17. The zero-order valence-electron chi connectivity index (χ0n) is 15.3. The second-order valence-electron chi connectivity index (χ2n) is 5.45. The number of rotatable bonds is 6. The van der Waals surface area contributed by atoms with Crippen molar-refractivity contribution in [3.8, 4) is 23.0 Å². The number of anilines is 2. The van der Waals surface area contributed by atoms with E-state index < -0.39 is 0 Å². The number of thiazole rings is 1. The van der Waals surface area contributed by atoms with Crippen LogP contribution in [0, 0.1) is 0 Å². The van der Waals surface area contributed by atoms with Gasteiger partial charge in [0.15, 0.2) is 16.6 Å². The molecule has 0 spiro atoms. The molecule has 0 aliphatic carbocycles. The number of aromatic nitrogens is 1. The molecule has 142 valence electrons. The number of hydrogen-bond donors (Lipinski definition) is 2. The third kappa shape index (κ3) is 3.54. The van der Waals surface area contributed by atoms with Crippen LogP contribution in [0.5, 0.6) is 23.0 Å². The van der Waals surface area contributed by atoms with Crippen molar-refractivity contribution in [2.75, 3.05) is 39.5 Å². The smallest absolute Gasteiger partial charge is 0.255 e. The number of benzene rings is 2. The Labute approximate surface area is 159 Å². The highest BCUT2D eigenvalue weighted by molar-refractivity contribution is 7.22. The lowest BCUT2D eigenvalue weighted by atomic mass is 10.1. The molecule has 0 radical (unpaired) electrons. The molecule has 0 bridgehead atoms. The number of nitrogens with one attached hydrogen (secondary N) is 1. The molecule has 1 heterocycles. The van der Waals surface area contributed by atoms with E-state index in [0.29, 0.717) is 44.9 Å². The molecular weight excluding hydrogens is 370 g/mol. The molecule has 9 heteroatoms. The van der Waals surface area contributed by atoms with E-state index in [9.17, 15) is 4.79 Å². The quantitative estimate of drug-likeness (QED) is 0.667. The molecule has 0 saturated heterocycles. The van der Waals surface area contributed by atoms with E-state index in [1.54, 1.807) is 24.3 Å². The second-order valence-corrected chi connectivity index (χ2v) is 6.51. The van der Waals surface area contributed by atoms with Crippen LogP contribution in [-0.4, -0.2) is 39.3 Å². The maximum atomic E-state index is 12.8. The van der Waals surface area contributed by atoms with E-state index in [4.69, 9.17) is 24.7 Å². The van der Waals surface area contributed by atoms with Crippen molar-refractivity contribution in [3.63, 3.8) is 0 Å². The highest BCUT2D eigenvalue weighted by Crippen LogP contribution is 2.39. The molecule has 0 aliphatic heterocycles. The standard InChI is InChI=1S/C18H19N3O5S/c1-23-11-7-10(8-14-15(11)21-18(19)27-14)20-17(22)9-5-12(24-2)16(26-4)13(6-9)25-3/h5-8H,1-4H3,(H2,19,21)(H,20,22). The number of amides is 1. The van der Waals surface area contributed by atoms with Gasteiger partial charge in [0.1, 0.15) is 11.3 Å². The van der Waals surface area contributed by atoms with Crippen molar-refractivity contribution in [1.82, 2.24) is 4.98 Å². The van der Waals surface area contributed by atoms with Gasteiger partial charge in [0.2, 0.25) is 5.75 Å². The number of ether oxygens (including phenoxy) is 4. The Bertz CT molecular complexity index is 977. The first-order chi connectivity index (χ1) is 13.0. The fraction of sp³-hybridized carbons (Fsp3) is 0.222. The van der Waals surface area contributed by atoms with Crippen molar-refractivity contribution < 1.29 is 23.7 Å². The first-order valence-electron chi connectivity index (χ1n) is 7.86. The summed E-state index contributed by atoms with van der Waals surface area (Å²) >= 11 is 1.31. The molecule has 2 aromatic carbocycles. The van der Waals surface area contributed by atoms with Crippen molar-refractivity contribution in [2.45, 2.75) is 0 Å². The number of carbonyl (C=O) groups excluding carboxylic acids is 1. The summed E-state index contributed by atoms with van der Waals surface area (Å²) in [5.74, 6) is 1.39. The molecule has 27 heavy (non-hydrogen) atoms. The van der Waals surface area contributed by atoms with Crippen molar-refractivity contribution in [1.29, 1.82) is 0 Å². The molecule has 0 unspecified atom stereocenters. The van der Waals surface area contributed by atoms with Gasteiger partial charge in [-0.3, -0.25) is 4.79 Å². The molecule has 8 nitrogen and oxygen atoms in total. The van der Waals surface area contributed by atoms with Gasteiger partial charge in [-0.2, -0.15) is 0 Å². The number of nitrogens with zero attached hydrogens (tertiary/aromatic N) is 1. The van der Waals surface area contributed by atoms with Gasteiger partial charge in [-0.1, -0.05) is 11.3 Å². The van der Waals surface area contributed by atoms with E-state index in [0.717, 1.165) is 4.70 Å². The maximum Gasteiger partial charge on any atom is 0.255 e. The number of nitrogen functional groups attached to an aromatic ring is 1. The van der Waals surface area contributed by atoms with Crippen molar-refractivity contribution in [3.05, 3.63) is 29.8 Å². The maximum absolute atomic E-state index is 12.8. The molecule has 3 N–H and O–H groups in total. The van der Waals surface area contributed by atoms with E-state index in [2.05, 4.69) is 10.3 Å². The Balaban J connectivity index is 1.97. The molecule has 1 amide bonds. The van der Waals surface area contributed by atoms with Crippen LogP contribution < -0.4 is 30.0 Å². The number of carbonyl (C=O) groups is 1. The van der Waals surface area contributed by atoms with E-state index >= 15 is 0 Å². The van der Waals surface area contributed by atoms with Gasteiger partial charge < -0.3 is 30.0 Å². The summed E-state index contributed by atoms with van der Waals surface area (Å²) in [5, 5.41) is 3.27. The Morgan fingerprint density at radius 2 is 1.59 bits per heavy atom. The average molecular weight is 389 g/mol. The van der Waals surface area contributed by atoms with E-state index in [1.165, 1.54) is 39.8 Å². The summed E-state index contributed by atoms with van der Waals surface area (Å²) in [5.41, 5.74) is 7.34. The normalized spacial score (nSPS) is 10.5. The summed E-state index contributed by atoms with van der Waals surface area (Å²) in [4.78, 5) is 17.0. The van der Waals surface area contributed by atoms with Crippen LogP contribution in [0.15, 0.2) is 24.3 Å². The Morgan fingerprint density at radius 1 is 0.963 bits per heavy atom. The average Bonchev–Trinajstić information content (AvgIpc) is 3.05. The minimum atomic E-state index is -0.340. The minimum absolute atomic E-state index is 0.340. The third-order valence-corrected chi connectivity index (χ3v) is 4.71. The monoisotopic (exact) mass is 389 g/mol. The fourth-order valence-electron chi connectivity index (χ4n) is 2.66. The van der Waals surface area contributed by atoms with Crippen LogP contribution in [-0.2, 0) is 0 Å². The molecule has 3 rings (SSSR count). The van der Waals surface area contributed by atoms with Gasteiger partial charge in [0.05, 0.1) is 33.1 Å². The van der Waals surface area contributed by atoms with Crippen LogP contribution in [0.2, 0.25) is 0 Å². The fourth-order valence-corrected chi connectivity index (χ4v) is 3.45. The lowest BCUT2D eigenvalue weighted by Crippen LogP contribution is -2.12. The molecule has 0 saturated carbocycles. The first kappa shape index (κ1) is 18.6. The van der Waals surface area contributed by atoms with Gasteiger partial charge in [0, 0.05) is 17.3 Å². The highest BCUT2D eigenvalue weighted by Gasteiger charge is 2.18. The van der Waals surface area contributed by atoms with E-state index in [1.807, 2.05) is 0 Å². The molecule has 0 fully saturated rings. The van der Waals surface area contributed by atoms with Crippen LogP contribution in [0.4, 0.5) is 10.8 Å². The summed E-state index contributed by atoms with van der Waals surface area (Å²) in [7, 11) is 6.02. The van der Waals surface area contributed by atoms with Crippen LogP contribution in [0.3, 0.4) is 0 Å². The largest absolute Gasteiger partial charge is 0.494 e. The molecule has 0 aliphatic rings. The first-order valence-corrected chi connectivity index (χ1v) is 8.67. The van der Waals surface area contributed by atoms with Gasteiger partial charge in [-0.15, -0.1) is 0 Å². The van der Waals surface area contributed by atoms with E-state index in [-0.39, 0.29) is 5.91 Å². The molecule has 1 aromatic heterocycles. The van der Waals surface area contributed by atoms with Gasteiger partial charge >= 0.3 is 0 Å². The topological polar surface area (TPSA) is 105 Å². The van der Waals surface area contributed by atoms with Crippen LogP contribution >= 0.6 is 11.3 Å². The van der Waals surface area contributed by atoms with Gasteiger partial charge in [-0.05, 0) is 18.2 Å². The summed E-state index contributed by atoms with van der Waals surface area (Å²) in [6, 6.07) is 6.65. The lowest BCUT2D eigenvalue weighted by molar-refractivity contribution is 0.102. The third-order valence-electron chi connectivity index (χ3n) is 3.88. The van der Waals surface area contributed by atoms with Crippen molar-refractivity contribution in [2.24, 2.45) is 0 Å². The number of hydrogen-bond acceptors (Lipinski definition) is 8. The van der Waals surface area contributed by atoms with Gasteiger partial charge in [-0.25, -0.2) is 4.98 Å². The second kappa shape index (κ2) is 7.58. The molecule has 3 aromatic rings. The van der Waals surface area contributed by atoms with Gasteiger partial charge in [0.25, 0.3) is 5.91 Å². The zero-order valence-corrected chi connectivity index (χ0v) is 16.1. The zero-order chi connectivity index (χ0) is 19.6. The van der Waals surface area contributed by atoms with Crippen LogP contribution in [0.1, 0.15) is 10.4 Å². The SMILES string of the molecule is COc1cc(C(=O)Nc2cc(OC)c3nc(N)sc3c2)cc(OC)c1OC. The summed E-state index contributed by atoms with van der Waals surface area (Å²) < 4.78 is 22.0. The molecule has 0 atom stereocenters. The summed E-state index contributed by atoms with van der Waals surface area (Å²) in [6.07, 6.45) is 0.